The summed E-state index contributed by atoms with van der Waals surface area (Å²) in [5.41, 5.74) is 0.731. The van der Waals surface area contributed by atoms with Crippen molar-refractivity contribution in [2.24, 2.45) is 17.8 Å². The van der Waals surface area contributed by atoms with E-state index in [-0.39, 0.29) is 11.8 Å². The molecule has 0 saturated heterocycles. The molecule has 2 fully saturated rings. The summed E-state index contributed by atoms with van der Waals surface area (Å²) < 4.78 is 10.3. The molecule has 5 nitrogen and oxygen atoms in total. The van der Waals surface area contributed by atoms with Crippen LogP contribution in [-0.2, 0) is 9.53 Å². The Balaban J connectivity index is 1.48. The molecule has 3 rings (SSSR count). The zero-order chi connectivity index (χ0) is 13.9. The molecule has 2 unspecified atom stereocenters. The summed E-state index contributed by atoms with van der Waals surface area (Å²) >= 11 is 0. The lowest BCUT2D eigenvalue weighted by Gasteiger charge is -2.12. The maximum Gasteiger partial charge on any atom is 0.227 e. The number of fused-ring (bicyclic) bond motifs is 1. The molecule has 1 aromatic rings. The van der Waals surface area contributed by atoms with Gasteiger partial charge < -0.3 is 14.8 Å². The Morgan fingerprint density at radius 3 is 2.75 bits per heavy atom. The van der Waals surface area contributed by atoms with Crippen molar-refractivity contribution in [1.82, 2.24) is 4.98 Å². The van der Waals surface area contributed by atoms with Crippen LogP contribution in [0.4, 0.5) is 5.69 Å². The van der Waals surface area contributed by atoms with E-state index in [1.54, 1.807) is 19.4 Å². The molecule has 1 amide bonds. The molecule has 1 N–H and O–H groups in total. The third-order valence-corrected chi connectivity index (χ3v) is 4.16. The van der Waals surface area contributed by atoms with Crippen molar-refractivity contribution >= 4 is 11.6 Å². The van der Waals surface area contributed by atoms with Gasteiger partial charge in [0.2, 0.25) is 11.8 Å². The summed E-state index contributed by atoms with van der Waals surface area (Å²) in [4.78, 5) is 16.3. The van der Waals surface area contributed by atoms with Crippen LogP contribution in [0.3, 0.4) is 0 Å². The van der Waals surface area contributed by atoms with E-state index in [1.165, 1.54) is 6.42 Å². The Labute approximate surface area is 118 Å². The predicted molar refractivity (Wildman–Crippen MR) is 74.6 cm³/mol. The van der Waals surface area contributed by atoms with Gasteiger partial charge >= 0.3 is 0 Å². The third-order valence-electron chi connectivity index (χ3n) is 4.16. The average Bonchev–Trinajstić information content (AvgIpc) is 3.07. The first kappa shape index (κ1) is 13.4. The van der Waals surface area contributed by atoms with Gasteiger partial charge in [0.15, 0.2) is 0 Å². The largest absolute Gasteiger partial charge is 0.475 e. The van der Waals surface area contributed by atoms with Gasteiger partial charge in [-0.3, -0.25) is 4.79 Å². The Kier molecular flexibility index (Phi) is 3.87. The number of ether oxygens (including phenoxy) is 2. The van der Waals surface area contributed by atoms with Gasteiger partial charge in [-0.2, -0.15) is 0 Å². The lowest BCUT2D eigenvalue weighted by molar-refractivity contribution is -0.120. The molecule has 0 spiro atoms. The van der Waals surface area contributed by atoms with E-state index in [2.05, 4.69) is 10.3 Å². The molecule has 0 aliphatic heterocycles. The Morgan fingerprint density at radius 1 is 1.30 bits per heavy atom. The highest BCUT2D eigenvalue weighted by Gasteiger charge is 2.47. The molecular formula is C15H20N2O3. The van der Waals surface area contributed by atoms with Gasteiger partial charge in [0.25, 0.3) is 0 Å². The minimum Gasteiger partial charge on any atom is -0.475 e. The fourth-order valence-electron chi connectivity index (χ4n) is 2.94. The second kappa shape index (κ2) is 5.79. The number of nitrogens with zero attached hydrogens (tertiary/aromatic N) is 1. The van der Waals surface area contributed by atoms with Crippen LogP contribution in [0.25, 0.3) is 0 Å². The van der Waals surface area contributed by atoms with Crippen molar-refractivity contribution in [2.75, 3.05) is 25.6 Å². The van der Waals surface area contributed by atoms with Crippen LogP contribution in [0.5, 0.6) is 5.88 Å². The van der Waals surface area contributed by atoms with E-state index in [0.29, 0.717) is 19.1 Å². The highest BCUT2D eigenvalue weighted by Crippen LogP contribution is 2.54. The number of pyridine rings is 1. The normalized spacial score (nSPS) is 26.9. The molecular weight excluding hydrogens is 256 g/mol. The summed E-state index contributed by atoms with van der Waals surface area (Å²) in [5, 5.41) is 2.94. The summed E-state index contributed by atoms with van der Waals surface area (Å²) in [5.74, 6) is 2.51. The van der Waals surface area contributed by atoms with Crippen molar-refractivity contribution in [1.29, 1.82) is 0 Å². The van der Waals surface area contributed by atoms with Gasteiger partial charge in [0.05, 0.1) is 18.5 Å². The van der Waals surface area contributed by atoms with Crippen molar-refractivity contribution in [3.8, 4) is 5.88 Å². The molecule has 1 heterocycles. The van der Waals surface area contributed by atoms with E-state index in [1.807, 2.05) is 6.07 Å². The first-order valence-corrected chi connectivity index (χ1v) is 7.15. The molecule has 2 saturated carbocycles. The van der Waals surface area contributed by atoms with E-state index >= 15 is 0 Å². The van der Waals surface area contributed by atoms with Crippen LogP contribution in [-0.4, -0.2) is 31.2 Å². The van der Waals surface area contributed by atoms with Crippen LogP contribution in [0.15, 0.2) is 18.3 Å². The number of carbonyl (C=O) groups excluding carboxylic acids is 1. The lowest BCUT2D eigenvalue weighted by Crippen LogP contribution is -2.21. The van der Waals surface area contributed by atoms with Gasteiger partial charge in [0, 0.05) is 19.1 Å². The topological polar surface area (TPSA) is 60.5 Å². The van der Waals surface area contributed by atoms with Crippen LogP contribution in [0.2, 0.25) is 0 Å². The summed E-state index contributed by atoms with van der Waals surface area (Å²) in [6.07, 6.45) is 5.08. The lowest BCUT2D eigenvalue weighted by atomic mass is 10.0. The molecule has 0 radical (unpaired) electrons. The van der Waals surface area contributed by atoms with E-state index in [0.717, 1.165) is 30.4 Å². The van der Waals surface area contributed by atoms with E-state index < -0.39 is 0 Å². The van der Waals surface area contributed by atoms with Crippen LogP contribution in [0, 0.1) is 17.8 Å². The quantitative estimate of drug-likeness (QED) is 0.808. The fourth-order valence-corrected chi connectivity index (χ4v) is 2.94. The molecule has 0 bridgehead atoms. The van der Waals surface area contributed by atoms with Gasteiger partial charge in [-0.1, -0.05) is 0 Å². The average molecular weight is 276 g/mol. The monoisotopic (exact) mass is 276 g/mol. The number of carbonyl (C=O) groups is 1. The van der Waals surface area contributed by atoms with Gasteiger partial charge in [-0.25, -0.2) is 4.98 Å². The maximum absolute atomic E-state index is 12.1. The van der Waals surface area contributed by atoms with Gasteiger partial charge in [-0.05, 0) is 37.2 Å². The number of aromatic nitrogens is 1. The van der Waals surface area contributed by atoms with Crippen molar-refractivity contribution in [3.63, 3.8) is 0 Å². The predicted octanol–water partition coefficient (Wildman–Crippen LogP) is 2.09. The highest BCUT2D eigenvalue weighted by molar-refractivity contribution is 5.92. The van der Waals surface area contributed by atoms with Crippen molar-refractivity contribution in [2.45, 2.75) is 19.3 Å². The second-order valence-corrected chi connectivity index (χ2v) is 5.64. The zero-order valence-corrected chi connectivity index (χ0v) is 11.7. The molecule has 2 aliphatic rings. The summed E-state index contributed by atoms with van der Waals surface area (Å²) in [7, 11) is 1.63. The van der Waals surface area contributed by atoms with Crippen molar-refractivity contribution in [3.05, 3.63) is 18.3 Å². The first-order chi connectivity index (χ1) is 9.76. The van der Waals surface area contributed by atoms with Crippen molar-refractivity contribution < 1.29 is 14.3 Å². The second-order valence-electron chi connectivity index (χ2n) is 5.64. The van der Waals surface area contributed by atoms with Crippen LogP contribution in [0.1, 0.15) is 19.3 Å². The molecule has 108 valence electrons. The summed E-state index contributed by atoms with van der Waals surface area (Å²) in [6, 6.07) is 3.58. The third kappa shape index (κ3) is 3.10. The molecule has 0 aromatic carbocycles. The number of methoxy groups -OCH3 is 1. The number of rotatable bonds is 6. The molecule has 5 heteroatoms. The Bertz CT molecular complexity index is 465. The number of hydrogen-bond donors (Lipinski definition) is 1. The molecule has 2 aliphatic carbocycles. The first-order valence-electron chi connectivity index (χ1n) is 7.15. The molecule has 2 atom stereocenters. The van der Waals surface area contributed by atoms with E-state index in [4.69, 9.17) is 9.47 Å². The number of amides is 1. The number of nitrogens with one attached hydrogen (secondary N) is 1. The van der Waals surface area contributed by atoms with Gasteiger partial charge in [0.1, 0.15) is 6.61 Å². The summed E-state index contributed by atoms with van der Waals surface area (Å²) in [6.45, 7) is 1.00. The van der Waals surface area contributed by atoms with E-state index in [9.17, 15) is 4.79 Å². The maximum atomic E-state index is 12.1. The number of anilines is 1. The molecule has 20 heavy (non-hydrogen) atoms. The smallest absolute Gasteiger partial charge is 0.227 e. The minimum absolute atomic E-state index is 0.132. The van der Waals surface area contributed by atoms with Crippen LogP contribution < -0.4 is 10.1 Å². The highest BCUT2D eigenvalue weighted by atomic mass is 16.5. The SMILES string of the molecule is COCCOc1ccc(NC(=O)C2CC3CC3C2)cn1. The number of hydrogen-bond acceptors (Lipinski definition) is 4. The standard InChI is InChI=1S/C15H20N2O3/c1-19-4-5-20-14-3-2-13(9-16-14)17-15(18)12-7-10-6-11(10)8-12/h2-3,9-12H,4-8H2,1H3,(H,17,18). The minimum atomic E-state index is 0.132. The zero-order valence-electron chi connectivity index (χ0n) is 11.7. The fraction of sp³-hybridized carbons (Fsp3) is 0.600. The van der Waals surface area contributed by atoms with Gasteiger partial charge in [-0.15, -0.1) is 0 Å². The Morgan fingerprint density at radius 2 is 2.10 bits per heavy atom. The molecule has 1 aromatic heterocycles. The van der Waals surface area contributed by atoms with Crippen LogP contribution >= 0.6 is 0 Å². The Hall–Kier alpha value is -1.62.